The highest BCUT2D eigenvalue weighted by Crippen LogP contribution is 2.22. The van der Waals surface area contributed by atoms with Gasteiger partial charge in [-0.15, -0.1) is 4.99 Å². The van der Waals surface area contributed by atoms with Gasteiger partial charge in [0.05, 0.1) is 0 Å². The molecular weight excluding hydrogens is 272 g/mol. The molecule has 2 aromatic rings. The van der Waals surface area contributed by atoms with Gasteiger partial charge in [0.1, 0.15) is 11.5 Å². The Bertz CT molecular complexity index is 620. The third-order valence-corrected chi connectivity index (χ3v) is 2.92. The number of ether oxygens (including phenoxy) is 1. The predicted molar refractivity (Wildman–Crippen MR) is 80.9 cm³/mol. The fourth-order valence-electron chi connectivity index (χ4n) is 1.44. The van der Waals surface area contributed by atoms with Gasteiger partial charge >= 0.3 is 0 Å². The summed E-state index contributed by atoms with van der Waals surface area (Å²) in [7, 11) is 0. The number of nitrogens with one attached hydrogen (secondary N) is 1. The molecule has 100 valence electrons. The molecule has 0 radical (unpaired) electrons. The number of nitrogens with zero attached hydrogens (tertiary/aromatic N) is 3. The van der Waals surface area contributed by atoms with Gasteiger partial charge in [0, 0.05) is 18.1 Å². The summed E-state index contributed by atoms with van der Waals surface area (Å²) in [5.74, 6) is 1.46. The van der Waals surface area contributed by atoms with E-state index < -0.39 is 0 Å². The van der Waals surface area contributed by atoms with Crippen molar-refractivity contribution in [2.45, 2.75) is 0 Å². The summed E-state index contributed by atoms with van der Waals surface area (Å²) < 4.78 is 5.66. The Kier molecular flexibility index (Phi) is 4.98. The Hall–Kier alpha value is -2.52. The van der Waals surface area contributed by atoms with Gasteiger partial charge in [0.15, 0.2) is 5.17 Å². The Morgan fingerprint density at radius 2 is 1.85 bits per heavy atom. The number of nitriles is 1. The van der Waals surface area contributed by atoms with Gasteiger partial charge in [-0.1, -0.05) is 11.8 Å². The van der Waals surface area contributed by atoms with Gasteiger partial charge in [-0.3, -0.25) is 4.98 Å². The lowest BCUT2D eigenvalue weighted by atomic mass is 10.3. The summed E-state index contributed by atoms with van der Waals surface area (Å²) >= 11 is 1.37. The number of amidine groups is 1. The zero-order valence-electron chi connectivity index (χ0n) is 10.8. The van der Waals surface area contributed by atoms with E-state index in [2.05, 4.69) is 15.3 Å². The van der Waals surface area contributed by atoms with Crippen LogP contribution < -0.4 is 10.1 Å². The molecule has 0 saturated carbocycles. The quantitative estimate of drug-likeness (QED) is 0.531. The number of pyridine rings is 1. The molecule has 0 fully saturated rings. The number of thioether (sulfide) groups is 1. The van der Waals surface area contributed by atoms with Gasteiger partial charge in [0.2, 0.25) is 6.19 Å². The molecule has 0 atom stereocenters. The molecule has 0 aliphatic carbocycles. The number of hydrogen-bond donors (Lipinski definition) is 1. The third-order valence-electron chi connectivity index (χ3n) is 2.34. The van der Waals surface area contributed by atoms with Crippen molar-refractivity contribution in [3.63, 3.8) is 0 Å². The minimum atomic E-state index is 0.551. The largest absolute Gasteiger partial charge is 0.457 e. The summed E-state index contributed by atoms with van der Waals surface area (Å²) in [6.45, 7) is 0. The molecule has 20 heavy (non-hydrogen) atoms. The summed E-state index contributed by atoms with van der Waals surface area (Å²) in [5, 5.41) is 12.1. The molecule has 6 heteroatoms. The van der Waals surface area contributed by atoms with E-state index in [1.165, 1.54) is 11.8 Å². The van der Waals surface area contributed by atoms with Crippen LogP contribution in [0.4, 0.5) is 5.69 Å². The number of hydrogen-bond acceptors (Lipinski definition) is 5. The van der Waals surface area contributed by atoms with Gasteiger partial charge in [-0.05, 0) is 42.7 Å². The number of aliphatic imine (C=N–C) groups is 1. The fraction of sp³-hybridized carbons (Fsp3) is 0.0714. The highest BCUT2D eigenvalue weighted by Gasteiger charge is 2.00. The Labute approximate surface area is 121 Å². The fourth-order valence-corrected chi connectivity index (χ4v) is 1.79. The van der Waals surface area contributed by atoms with Crippen molar-refractivity contribution in [1.82, 2.24) is 4.98 Å². The molecular formula is C14H12N4OS. The lowest BCUT2D eigenvalue weighted by Crippen LogP contribution is -2.06. The van der Waals surface area contributed by atoms with Gasteiger partial charge in [-0.2, -0.15) is 5.26 Å². The zero-order valence-corrected chi connectivity index (χ0v) is 11.6. The van der Waals surface area contributed by atoms with Crippen molar-refractivity contribution in [3.05, 3.63) is 48.8 Å². The van der Waals surface area contributed by atoms with E-state index in [0.29, 0.717) is 5.17 Å². The van der Waals surface area contributed by atoms with Crippen LogP contribution in [-0.2, 0) is 0 Å². The number of benzene rings is 1. The van der Waals surface area contributed by atoms with Crippen molar-refractivity contribution >= 4 is 22.6 Å². The second kappa shape index (κ2) is 7.16. The maximum Gasteiger partial charge on any atom is 0.208 e. The van der Waals surface area contributed by atoms with E-state index in [-0.39, 0.29) is 0 Å². The summed E-state index contributed by atoms with van der Waals surface area (Å²) in [4.78, 5) is 7.59. The second-order valence-electron chi connectivity index (χ2n) is 3.66. The molecule has 5 nitrogen and oxygen atoms in total. The average molecular weight is 284 g/mol. The summed E-state index contributed by atoms with van der Waals surface area (Å²) in [6, 6.07) is 11.0. The predicted octanol–water partition coefficient (Wildman–Crippen LogP) is 3.49. The van der Waals surface area contributed by atoms with E-state index in [9.17, 15) is 0 Å². The van der Waals surface area contributed by atoms with Crippen LogP contribution in [0.5, 0.6) is 11.5 Å². The van der Waals surface area contributed by atoms with E-state index in [1.54, 1.807) is 30.7 Å². The molecule has 0 unspecified atom stereocenters. The van der Waals surface area contributed by atoms with Crippen molar-refractivity contribution in [2.24, 2.45) is 4.99 Å². The standard InChI is InChI=1S/C14H12N4OS/c1-20-14(17-10-15)18-11-2-4-12(5-3-11)19-13-6-8-16-9-7-13/h2-9H,1H3,(H,17,18). The van der Waals surface area contributed by atoms with Crippen molar-refractivity contribution in [2.75, 3.05) is 11.6 Å². The molecule has 1 aromatic carbocycles. The smallest absolute Gasteiger partial charge is 0.208 e. The molecule has 0 aliphatic rings. The molecule has 0 saturated heterocycles. The first kappa shape index (κ1) is 13.9. The number of rotatable bonds is 3. The maximum atomic E-state index is 8.54. The molecule has 1 N–H and O–H groups in total. The van der Waals surface area contributed by atoms with E-state index in [0.717, 1.165) is 17.2 Å². The molecule has 0 bridgehead atoms. The maximum absolute atomic E-state index is 8.54. The Balaban J connectivity index is 2.03. The molecule has 0 spiro atoms. The van der Waals surface area contributed by atoms with Crippen molar-refractivity contribution in [3.8, 4) is 17.7 Å². The zero-order chi connectivity index (χ0) is 14.2. The van der Waals surface area contributed by atoms with E-state index >= 15 is 0 Å². The van der Waals surface area contributed by atoms with Gasteiger partial charge in [0.25, 0.3) is 0 Å². The van der Waals surface area contributed by atoms with E-state index in [4.69, 9.17) is 10.00 Å². The minimum Gasteiger partial charge on any atom is -0.457 e. The Morgan fingerprint density at radius 3 is 2.45 bits per heavy atom. The van der Waals surface area contributed by atoms with E-state index in [1.807, 2.05) is 30.5 Å². The third kappa shape index (κ3) is 4.00. The normalized spacial score (nSPS) is 10.7. The monoisotopic (exact) mass is 284 g/mol. The second-order valence-corrected chi connectivity index (χ2v) is 4.45. The minimum absolute atomic E-state index is 0.551. The average Bonchev–Trinajstić information content (AvgIpc) is 2.50. The highest BCUT2D eigenvalue weighted by atomic mass is 32.2. The molecule has 2 rings (SSSR count). The van der Waals surface area contributed by atoms with Crippen LogP contribution in [-0.4, -0.2) is 16.4 Å². The first-order valence-corrected chi connectivity index (χ1v) is 7.00. The van der Waals surface area contributed by atoms with Crippen LogP contribution in [0, 0.1) is 11.5 Å². The van der Waals surface area contributed by atoms with Crippen LogP contribution in [0.1, 0.15) is 0 Å². The lowest BCUT2D eigenvalue weighted by molar-refractivity contribution is 0.482. The first-order chi connectivity index (χ1) is 9.81. The SMILES string of the molecule is CS/C(=N\C#N)Nc1ccc(Oc2ccncc2)cc1. The first-order valence-electron chi connectivity index (χ1n) is 5.77. The molecule has 1 aromatic heterocycles. The molecule has 0 amide bonds. The molecule has 1 heterocycles. The lowest BCUT2D eigenvalue weighted by Gasteiger charge is -2.08. The van der Waals surface area contributed by atoms with Crippen LogP contribution in [0.3, 0.4) is 0 Å². The summed E-state index contributed by atoms with van der Waals surface area (Å²) in [5.41, 5.74) is 0.843. The van der Waals surface area contributed by atoms with Crippen molar-refractivity contribution in [1.29, 1.82) is 5.26 Å². The summed E-state index contributed by atoms with van der Waals surface area (Å²) in [6.07, 6.45) is 6.96. The Morgan fingerprint density at radius 1 is 1.20 bits per heavy atom. The van der Waals surface area contributed by atoms with Crippen LogP contribution in [0.15, 0.2) is 53.8 Å². The number of aromatic nitrogens is 1. The number of anilines is 1. The van der Waals surface area contributed by atoms with Crippen LogP contribution in [0.2, 0.25) is 0 Å². The molecule has 0 aliphatic heterocycles. The highest BCUT2D eigenvalue weighted by molar-refractivity contribution is 8.13. The van der Waals surface area contributed by atoms with Crippen molar-refractivity contribution < 1.29 is 4.74 Å². The van der Waals surface area contributed by atoms with Crippen LogP contribution in [0.25, 0.3) is 0 Å². The van der Waals surface area contributed by atoms with Gasteiger partial charge < -0.3 is 10.1 Å². The topological polar surface area (TPSA) is 70.3 Å². The van der Waals surface area contributed by atoms with Gasteiger partial charge in [-0.25, -0.2) is 0 Å². The van der Waals surface area contributed by atoms with Crippen LogP contribution >= 0.6 is 11.8 Å².